The molecule has 2 rings (SSSR count). The molecule has 0 aliphatic carbocycles. The molecule has 8 heteroatoms. The van der Waals surface area contributed by atoms with Crippen LogP contribution in [0.3, 0.4) is 0 Å². The Morgan fingerprint density at radius 2 is 1.91 bits per heavy atom. The van der Waals surface area contributed by atoms with Gasteiger partial charge in [0, 0.05) is 6.54 Å². The van der Waals surface area contributed by atoms with Crippen LogP contribution in [0.25, 0.3) is 11.3 Å². The maximum absolute atomic E-state index is 14.1. The number of hydrogen-bond donors (Lipinski definition) is 1. The summed E-state index contributed by atoms with van der Waals surface area (Å²) in [5.74, 6) is -2.90. The minimum atomic E-state index is -1.06. The summed E-state index contributed by atoms with van der Waals surface area (Å²) in [6, 6.07) is 3.28. The Hall–Kier alpha value is -2.28. The molecule has 1 amide bonds. The molecule has 0 radical (unpaired) electrons. The van der Waals surface area contributed by atoms with E-state index in [1.165, 1.54) is 6.07 Å². The fourth-order valence-electron chi connectivity index (χ4n) is 2.20. The van der Waals surface area contributed by atoms with Crippen LogP contribution in [-0.2, 0) is 6.54 Å². The minimum absolute atomic E-state index is 0.0551. The van der Waals surface area contributed by atoms with Crippen molar-refractivity contribution >= 4 is 17.5 Å². The molecule has 0 atom stereocenters. The zero-order chi connectivity index (χ0) is 17.3. The summed E-state index contributed by atoms with van der Waals surface area (Å²) >= 11 is 6.00. The molecule has 0 aliphatic heterocycles. The van der Waals surface area contributed by atoms with Crippen molar-refractivity contribution in [2.75, 3.05) is 0 Å². The maximum Gasteiger partial charge on any atom is 0.282 e. The average molecular weight is 342 g/mol. The number of primary amides is 1. The highest BCUT2D eigenvalue weighted by atomic mass is 35.5. The zero-order valence-electron chi connectivity index (χ0n) is 12.4. The van der Waals surface area contributed by atoms with E-state index in [0.717, 1.165) is 16.7 Å². The summed E-state index contributed by atoms with van der Waals surface area (Å²) in [5.41, 5.74) is 3.01. The van der Waals surface area contributed by atoms with Crippen LogP contribution < -0.4 is 11.3 Å². The van der Waals surface area contributed by atoms with Gasteiger partial charge >= 0.3 is 0 Å². The van der Waals surface area contributed by atoms with E-state index < -0.39 is 34.4 Å². The normalized spacial score (nSPS) is 11.0. The Bertz CT molecular complexity index is 814. The molecule has 0 aliphatic rings. The summed E-state index contributed by atoms with van der Waals surface area (Å²) in [6.07, 6.45) is 0. The van der Waals surface area contributed by atoms with Crippen LogP contribution in [0, 0.1) is 17.6 Å². The quantitative estimate of drug-likeness (QED) is 0.928. The summed E-state index contributed by atoms with van der Waals surface area (Å²) in [4.78, 5) is 27.4. The lowest BCUT2D eigenvalue weighted by molar-refractivity contribution is 0.0993. The molecule has 0 unspecified atom stereocenters. The Labute approximate surface area is 135 Å². The molecule has 0 bridgehead atoms. The van der Waals surface area contributed by atoms with Gasteiger partial charge in [-0.1, -0.05) is 31.5 Å². The smallest absolute Gasteiger partial charge is 0.282 e. The van der Waals surface area contributed by atoms with Crippen molar-refractivity contribution in [3.05, 3.63) is 51.0 Å². The van der Waals surface area contributed by atoms with Gasteiger partial charge in [-0.3, -0.25) is 9.59 Å². The van der Waals surface area contributed by atoms with Crippen LogP contribution in [-0.4, -0.2) is 15.5 Å². The van der Waals surface area contributed by atoms with E-state index in [-0.39, 0.29) is 23.3 Å². The minimum Gasteiger partial charge on any atom is -0.364 e. The Morgan fingerprint density at radius 1 is 1.35 bits per heavy atom. The van der Waals surface area contributed by atoms with Crippen molar-refractivity contribution in [3.63, 3.8) is 0 Å². The monoisotopic (exact) mass is 341 g/mol. The number of nitrogens with two attached hydrogens (primary N) is 1. The van der Waals surface area contributed by atoms with E-state index in [2.05, 4.69) is 4.98 Å². The number of aromatic nitrogens is 2. The third-order valence-corrected chi connectivity index (χ3v) is 3.37. The second-order valence-electron chi connectivity index (χ2n) is 5.37. The summed E-state index contributed by atoms with van der Waals surface area (Å²) in [5, 5.41) is -0.372. The maximum atomic E-state index is 14.1. The van der Waals surface area contributed by atoms with Crippen LogP contribution in [0.1, 0.15) is 24.3 Å². The van der Waals surface area contributed by atoms with E-state index in [4.69, 9.17) is 17.3 Å². The molecule has 5 nitrogen and oxygen atoms in total. The first-order valence-corrected chi connectivity index (χ1v) is 7.16. The second-order valence-corrected chi connectivity index (χ2v) is 5.73. The molecule has 0 saturated heterocycles. The Balaban J connectivity index is 2.90. The van der Waals surface area contributed by atoms with Crippen LogP contribution in [0.4, 0.5) is 8.78 Å². The zero-order valence-corrected chi connectivity index (χ0v) is 13.2. The number of amides is 1. The van der Waals surface area contributed by atoms with E-state index in [9.17, 15) is 18.4 Å². The summed E-state index contributed by atoms with van der Waals surface area (Å²) < 4.78 is 29.2. The predicted octanol–water partition coefficient (Wildman–Crippen LogP) is 2.60. The standard InChI is InChI=1S/C15H14ClF2N3O2/c1-7(2)6-21-12(10-8(17)4-3-5-9(10)18)13(16)20-11(14(19)22)15(21)23/h3-5,7H,6H2,1-2H3,(H2,19,22). The molecular formula is C15H14ClF2N3O2. The molecular weight excluding hydrogens is 328 g/mol. The van der Waals surface area contributed by atoms with Gasteiger partial charge < -0.3 is 10.3 Å². The predicted molar refractivity (Wildman–Crippen MR) is 82.2 cm³/mol. The molecule has 0 spiro atoms. The van der Waals surface area contributed by atoms with Crippen molar-refractivity contribution in [2.24, 2.45) is 11.7 Å². The van der Waals surface area contributed by atoms with Crippen molar-refractivity contribution in [2.45, 2.75) is 20.4 Å². The third kappa shape index (κ3) is 3.24. The highest BCUT2D eigenvalue weighted by Gasteiger charge is 2.24. The lowest BCUT2D eigenvalue weighted by Crippen LogP contribution is -2.34. The van der Waals surface area contributed by atoms with Gasteiger partial charge in [0.25, 0.3) is 11.5 Å². The SMILES string of the molecule is CC(C)Cn1c(-c2c(F)cccc2F)c(Cl)nc(C(N)=O)c1=O. The van der Waals surface area contributed by atoms with E-state index in [1.807, 2.05) is 0 Å². The van der Waals surface area contributed by atoms with Crippen molar-refractivity contribution in [1.82, 2.24) is 9.55 Å². The fraction of sp³-hybridized carbons (Fsp3) is 0.267. The van der Waals surface area contributed by atoms with Gasteiger partial charge in [-0.05, 0) is 18.1 Å². The highest BCUT2D eigenvalue weighted by Crippen LogP contribution is 2.30. The van der Waals surface area contributed by atoms with Gasteiger partial charge in [-0.15, -0.1) is 0 Å². The Morgan fingerprint density at radius 3 is 2.39 bits per heavy atom. The second kappa shape index (κ2) is 6.45. The number of nitrogens with zero attached hydrogens (tertiary/aromatic N) is 2. The van der Waals surface area contributed by atoms with Crippen LogP contribution in [0.5, 0.6) is 0 Å². The first-order valence-electron chi connectivity index (χ1n) is 6.78. The highest BCUT2D eigenvalue weighted by molar-refractivity contribution is 6.32. The molecule has 2 aromatic rings. The molecule has 23 heavy (non-hydrogen) atoms. The number of halogens is 3. The number of rotatable bonds is 4. The molecule has 0 saturated carbocycles. The van der Waals surface area contributed by atoms with Crippen molar-refractivity contribution in [3.8, 4) is 11.3 Å². The van der Waals surface area contributed by atoms with Gasteiger partial charge in [0.1, 0.15) is 11.6 Å². The van der Waals surface area contributed by atoms with Gasteiger partial charge in [-0.25, -0.2) is 13.8 Å². The van der Waals surface area contributed by atoms with Gasteiger partial charge in [0.05, 0.1) is 11.3 Å². The van der Waals surface area contributed by atoms with Crippen LogP contribution in [0.2, 0.25) is 5.15 Å². The summed E-state index contributed by atoms with van der Waals surface area (Å²) in [6.45, 7) is 3.68. The van der Waals surface area contributed by atoms with Crippen LogP contribution >= 0.6 is 11.6 Å². The average Bonchev–Trinajstić information content (AvgIpc) is 2.44. The topological polar surface area (TPSA) is 78.0 Å². The lowest BCUT2D eigenvalue weighted by atomic mass is 10.1. The molecule has 1 heterocycles. The van der Waals surface area contributed by atoms with Gasteiger partial charge in [0.2, 0.25) is 0 Å². The number of carbonyl (C=O) groups is 1. The largest absolute Gasteiger partial charge is 0.364 e. The van der Waals surface area contributed by atoms with E-state index in [1.54, 1.807) is 13.8 Å². The first kappa shape index (κ1) is 17.1. The molecule has 2 N–H and O–H groups in total. The fourth-order valence-corrected chi connectivity index (χ4v) is 2.48. The van der Waals surface area contributed by atoms with Gasteiger partial charge in [-0.2, -0.15) is 0 Å². The van der Waals surface area contributed by atoms with E-state index in [0.29, 0.717) is 0 Å². The number of carbonyl (C=O) groups excluding carboxylic acids is 1. The number of hydrogen-bond acceptors (Lipinski definition) is 3. The Kier molecular flexibility index (Phi) is 4.79. The first-order chi connectivity index (χ1) is 10.7. The van der Waals surface area contributed by atoms with Crippen molar-refractivity contribution < 1.29 is 13.6 Å². The molecule has 1 aromatic heterocycles. The lowest BCUT2D eigenvalue weighted by Gasteiger charge is -2.17. The third-order valence-electron chi connectivity index (χ3n) is 3.10. The van der Waals surface area contributed by atoms with E-state index >= 15 is 0 Å². The van der Waals surface area contributed by atoms with Crippen molar-refractivity contribution in [1.29, 1.82) is 0 Å². The molecule has 122 valence electrons. The molecule has 0 fully saturated rings. The van der Waals surface area contributed by atoms with Crippen LogP contribution in [0.15, 0.2) is 23.0 Å². The number of benzene rings is 1. The molecule has 1 aromatic carbocycles. The van der Waals surface area contributed by atoms with Gasteiger partial charge in [0.15, 0.2) is 10.8 Å². The summed E-state index contributed by atoms with van der Waals surface area (Å²) in [7, 11) is 0.